The molecule has 4 aromatic rings. The fourth-order valence-corrected chi connectivity index (χ4v) is 5.21. The number of thiazole rings is 1. The van der Waals surface area contributed by atoms with Gasteiger partial charge in [-0.2, -0.15) is 0 Å². The summed E-state index contributed by atoms with van der Waals surface area (Å²) in [6.07, 6.45) is 0. The van der Waals surface area contributed by atoms with E-state index < -0.39 is 22.6 Å². The first-order chi connectivity index (χ1) is 14.8. The van der Waals surface area contributed by atoms with Crippen LogP contribution in [0, 0.1) is 6.92 Å². The molecule has 4 rings (SSSR count). The van der Waals surface area contributed by atoms with Crippen molar-refractivity contribution in [2.24, 2.45) is 0 Å². The third-order valence-corrected chi connectivity index (χ3v) is 6.94. The van der Waals surface area contributed by atoms with Gasteiger partial charge >= 0.3 is 5.97 Å². The van der Waals surface area contributed by atoms with Gasteiger partial charge in [0.1, 0.15) is 10.8 Å². The van der Waals surface area contributed by atoms with Gasteiger partial charge in [0.05, 0.1) is 20.8 Å². The molecule has 31 heavy (non-hydrogen) atoms. The second-order valence-corrected chi connectivity index (χ2v) is 9.46. The van der Waals surface area contributed by atoms with Crippen LogP contribution in [0.5, 0.6) is 5.75 Å². The minimum atomic E-state index is -3.89. The number of benzene rings is 3. The minimum absolute atomic E-state index is 0.0479. The third-order valence-electron chi connectivity index (χ3n) is 4.50. The predicted octanol–water partition coefficient (Wildman–Crippen LogP) is 4.54. The number of nitrogens with one attached hydrogen (secondary N) is 1. The zero-order valence-electron chi connectivity index (χ0n) is 16.4. The normalized spacial score (nSPS) is 11.4. The quantitative estimate of drug-likeness (QED) is 0.425. The average molecular weight is 455 g/mol. The summed E-state index contributed by atoms with van der Waals surface area (Å²) in [5.74, 6) is -0.791. The molecular weight excluding hydrogens is 436 g/mol. The molecule has 1 heterocycles. The molecule has 0 amide bonds. The molecule has 158 valence electrons. The number of anilines is 1. The van der Waals surface area contributed by atoms with Crippen molar-refractivity contribution in [1.82, 2.24) is 4.98 Å². The maximum absolute atomic E-state index is 13.0. The van der Waals surface area contributed by atoms with Gasteiger partial charge in [-0.15, -0.1) is 11.3 Å². The lowest BCUT2D eigenvalue weighted by molar-refractivity contribution is -0.139. The van der Waals surface area contributed by atoms with Crippen molar-refractivity contribution in [2.75, 3.05) is 11.3 Å². The summed E-state index contributed by atoms with van der Waals surface area (Å²) in [7, 11) is -3.89. The van der Waals surface area contributed by atoms with E-state index in [4.69, 9.17) is 9.84 Å². The first-order valence-corrected chi connectivity index (χ1v) is 11.6. The molecule has 0 fully saturated rings. The van der Waals surface area contributed by atoms with Gasteiger partial charge in [0, 0.05) is 5.56 Å². The highest BCUT2D eigenvalue weighted by Gasteiger charge is 2.19. The second kappa shape index (κ2) is 8.37. The lowest BCUT2D eigenvalue weighted by Gasteiger charge is -2.13. The summed E-state index contributed by atoms with van der Waals surface area (Å²) in [5.41, 5.74) is 2.48. The summed E-state index contributed by atoms with van der Waals surface area (Å²) in [6.45, 7) is 1.16. The number of aryl methyl sites for hydroxylation is 1. The first-order valence-electron chi connectivity index (χ1n) is 9.26. The van der Waals surface area contributed by atoms with E-state index in [0.717, 1.165) is 10.2 Å². The predicted molar refractivity (Wildman–Crippen MR) is 120 cm³/mol. The molecule has 0 radical (unpaired) electrons. The fraction of sp³-hybridized carbons (Fsp3) is 0.0909. The Labute approximate surface area is 183 Å². The van der Waals surface area contributed by atoms with Crippen LogP contribution < -0.4 is 9.46 Å². The third kappa shape index (κ3) is 4.52. The Kier molecular flexibility index (Phi) is 5.62. The molecule has 0 aliphatic rings. The SMILES string of the molecule is Cc1cc(S(=O)(=O)Nc2ccccc2-c2nc3ccccc3s2)ccc1OCC(=O)O. The van der Waals surface area contributed by atoms with Crippen molar-refractivity contribution in [3.63, 3.8) is 0 Å². The van der Waals surface area contributed by atoms with Crippen molar-refractivity contribution in [3.8, 4) is 16.3 Å². The van der Waals surface area contributed by atoms with E-state index in [1.807, 2.05) is 36.4 Å². The van der Waals surface area contributed by atoms with Crippen molar-refractivity contribution < 1.29 is 23.1 Å². The first kappa shape index (κ1) is 20.8. The van der Waals surface area contributed by atoms with Crippen LogP contribution in [0.1, 0.15) is 5.56 Å². The van der Waals surface area contributed by atoms with Gasteiger partial charge in [-0.25, -0.2) is 18.2 Å². The van der Waals surface area contributed by atoms with E-state index in [0.29, 0.717) is 27.6 Å². The highest BCUT2D eigenvalue weighted by Crippen LogP contribution is 2.35. The molecule has 0 bridgehead atoms. The van der Waals surface area contributed by atoms with Gasteiger partial charge < -0.3 is 9.84 Å². The molecule has 0 spiro atoms. The lowest BCUT2D eigenvalue weighted by atomic mass is 10.2. The van der Waals surface area contributed by atoms with Crippen LogP contribution in [0.2, 0.25) is 0 Å². The standard InChI is InChI=1S/C22H18N2O5S2/c1-14-12-15(10-11-19(14)29-13-21(25)26)31(27,28)24-17-7-3-2-6-16(17)22-23-18-8-4-5-9-20(18)30-22/h2-12,24H,13H2,1H3,(H,25,26). The summed E-state index contributed by atoms with van der Waals surface area (Å²) in [4.78, 5) is 15.4. The van der Waals surface area contributed by atoms with E-state index >= 15 is 0 Å². The van der Waals surface area contributed by atoms with Crippen LogP contribution >= 0.6 is 11.3 Å². The molecule has 3 aromatic carbocycles. The molecule has 9 heteroatoms. The maximum Gasteiger partial charge on any atom is 0.341 e. The highest BCUT2D eigenvalue weighted by molar-refractivity contribution is 7.92. The van der Waals surface area contributed by atoms with Crippen molar-refractivity contribution >= 4 is 43.2 Å². The summed E-state index contributed by atoms with van der Waals surface area (Å²) in [6, 6.07) is 19.1. The highest BCUT2D eigenvalue weighted by atomic mass is 32.2. The number of aliphatic carboxylic acids is 1. The Morgan fingerprint density at radius 1 is 1.10 bits per heavy atom. The Morgan fingerprint density at radius 3 is 2.58 bits per heavy atom. The number of para-hydroxylation sites is 2. The number of hydrogen-bond donors (Lipinski definition) is 2. The molecular formula is C22H18N2O5S2. The number of fused-ring (bicyclic) bond motifs is 1. The van der Waals surface area contributed by atoms with Crippen molar-refractivity contribution in [1.29, 1.82) is 0 Å². The number of ether oxygens (including phenoxy) is 1. The summed E-state index contributed by atoms with van der Waals surface area (Å²) < 4.78 is 34.9. The Morgan fingerprint density at radius 2 is 1.84 bits per heavy atom. The zero-order chi connectivity index (χ0) is 22.0. The van der Waals surface area contributed by atoms with E-state index in [9.17, 15) is 13.2 Å². The molecule has 7 nitrogen and oxygen atoms in total. The number of sulfonamides is 1. The van der Waals surface area contributed by atoms with E-state index in [1.165, 1.54) is 29.5 Å². The van der Waals surface area contributed by atoms with Gasteiger partial charge in [-0.1, -0.05) is 24.3 Å². The fourth-order valence-electron chi connectivity index (χ4n) is 3.04. The summed E-state index contributed by atoms with van der Waals surface area (Å²) >= 11 is 1.49. The van der Waals surface area contributed by atoms with Gasteiger partial charge in [0.2, 0.25) is 0 Å². The van der Waals surface area contributed by atoms with Crippen LogP contribution in [0.3, 0.4) is 0 Å². The molecule has 0 aliphatic carbocycles. The van der Waals surface area contributed by atoms with E-state index in [2.05, 4.69) is 9.71 Å². The molecule has 0 aliphatic heterocycles. The lowest BCUT2D eigenvalue weighted by Crippen LogP contribution is -2.14. The topological polar surface area (TPSA) is 106 Å². The Hall–Kier alpha value is -3.43. The Bertz CT molecular complexity index is 1350. The molecule has 0 atom stereocenters. The summed E-state index contributed by atoms with van der Waals surface area (Å²) in [5, 5.41) is 9.46. The van der Waals surface area contributed by atoms with Crippen LogP contribution in [0.15, 0.2) is 71.6 Å². The number of hydrogen-bond acceptors (Lipinski definition) is 6. The Balaban J connectivity index is 1.65. The zero-order valence-corrected chi connectivity index (χ0v) is 18.0. The van der Waals surface area contributed by atoms with Crippen LogP contribution in [-0.4, -0.2) is 31.1 Å². The van der Waals surface area contributed by atoms with Gasteiger partial charge in [0.15, 0.2) is 6.61 Å². The number of aromatic nitrogens is 1. The minimum Gasteiger partial charge on any atom is -0.482 e. The monoisotopic (exact) mass is 454 g/mol. The molecule has 2 N–H and O–H groups in total. The number of carboxylic acids is 1. The maximum atomic E-state index is 13.0. The molecule has 1 aromatic heterocycles. The van der Waals surface area contributed by atoms with Gasteiger partial charge in [0.25, 0.3) is 10.0 Å². The number of carboxylic acid groups (broad SMARTS) is 1. The molecule has 0 saturated heterocycles. The average Bonchev–Trinajstić information content (AvgIpc) is 3.17. The number of rotatable bonds is 7. The second-order valence-electron chi connectivity index (χ2n) is 6.75. The van der Waals surface area contributed by atoms with Crippen molar-refractivity contribution in [3.05, 3.63) is 72.3 Å². The van der Waals surface area contributed by atoms with Crippen molar-refractivity contribution in [2.45, 2.75) is 11.8 Å². The largest absolute Gasteiger partial charge is 0.482 e. The van der Waals surface area contributed by atoms with Gasteiger partial charge in [-0.3, -0.25) is 4.72 Å². The van der Waals surface area contributed by atoms with Crippen LogP contribution in [0.4, 0.5) is 5.69 Å². The smallest absolute Gasteiger partial charge is 0.341 e. The molecule has 0 saturated carbocycles. The molecule has 0 unspecified atom stereocenters. The number of carbonyl (C=O) groups is 1. The van der Waals surface area contributed by atoms with Crippen LogP contribution in [0.25, 0.3) is 20.8 Å². The van der Waals surface area contributed by atoms with E-state index in [-0.39, 0.29) is 4.90 Å². The van der Waals surface area contributed by atoms with Gasteiger partial charge in [-0.05, 0) is 55.0 Å². The van der Waals surface area contributed by atoms with Crippen LogP contribution in [-0.2, 0) is 14.8 Å². The number of nitrogens with zero attached hydrogens (tertiary/aromatic N) is 1. The van der Waals surface area contributed by atoms with E-state index in [1.54, 1.807) is 19.1 Å².